The van der Waals surface area contributed by atoms with E-state index in [9.17, 15) is 10.3 Å². The standard InChI is InChI=1S/C12H9N3O.C9H7N3O/c16-15-11-8-4-7-10(12(11)13-14-15)9-5-2-1-3-6-9;13-8-4-2-1-3-7(8)9-11-5-10-6-12-9/h1-8,16H;1-6,13H. The van der Waals surface area contributed by atoms with Crippen LogP contribution in [0.1, 0.15) is 0 Å². The predicted molar refractivity (Wildman–Crippen MR) is 107 cm³/mol. The molecule has 0 bridgehead atoms. The largest absolute Gasteiger partial charge is 0.507 e. The first-order chi connectivity index (χ1) is 14.2. The van der Waals surface area contributed by atoms with Crippen molar-refractivity contribution >= 4 is 11.0 Å². The van der Waals surface area contributed by atoms with Gasteiger partial charge < -0.3 is 10.3 Å². The van der Waals surface area contributed by atoms with E-state index in [4.69, 9.17) is 0 Å². The summed E-state index contributed by atoms with van der Waals surface area (Å²) in [6.07, 6.45) is 2.80. The molecular weight excluding hydrogens is 368 g/mol. The molecule has 0 amide bonds. The Morgan fingerprint density at radius 1 is 0.724 bits per heavy atom. The van der Waals surface area contributed by atoms with Gasteiger partial charge in [0.05, 0.1) is 5.56 Å². The molecule has 142 valence electrons. The summed E-state index contributed by atoms with van der Waals surface area (Å²) in [5.74, 6) is 0.654. The molecule has 8 heteroatoms. The van der Waals surface area contributed by atoms with Gasteiger partial charge in [-0.2, -0.15) is 0 Å². The minimum atomic E-state index is 0.175. The van der Waals surface area contributed by atoms with Crippen LogP contribution in [-0.2, 0) is 0 Å². The van der Waals surface area contributed by atoms with Gasteiger partial charge in [0.15, 0.2) is 5.82 Å². The Hall–Kier alpha value is -4.33. The summed E-state index contributed by atoms with van der Waals surface area (Å²) in [7, 11) is 0. The Kier molecular flexibility index (Phi) is 5.06. The number of hydrogen-bond donors (Lipinski definition) is 2. The number of para-hydroxylation sites is 1. The molecule has 0 spiro atoms. The van der Waals surface area contributed by atoms with Crippen molar-refractivity contribution in [2.75, 3.05) is 0 Å². The van der Waals surface area contributed by atoms with Gasteiger partial charge in [-0.3, -0.25) is 0 Å². The van der Waals surface area contributed by atoms with Gasteiger partial charge in [-0.05, 0) is 29.0 Å². The molecule has 0 aliphatic heterocycles. The number of aromatic hydroxyl groups is 1. The zero-order chi connectivity index (χ0) is 20.1. The Balaban J connectivity index is 0.000000145. The molecule has 2 heterocycles. The van der Waals surface area contributed by atoms with Crippen molar-refractivity contribution in [3.8, 4) is 28.3 Å². The van der Waals surface area contributed by atoms with E-state index in [0.717, 1.165) is 16.0 Å². The zero-order valence-corrected chi connectivity index (χ0v) is 15.2. The lowest BCUT2D eigenvalue weighted by Gasteiger charge is -2.01. The van der Waals surface area contributed by atoms with Crippen LogP contribution in [0, 0.1) is 0 Å². The molecule has 2 N–H and O–H groups in total. The third-order valence-corrected chi connectivity index (χ3v) is 4.18. The third-order valence-electron chi connectivity index (χ3n) is 4.18. The van der Waals surface area contributed by atoms with Gasteiger partial charge in [0.25, 0.3) is 0 Å². The zero-order valence-electron chi connectivity index (χ0n) is 15.2. The average molecular weight is 384 g/mol. The van der Waals surface area contributed by atoms with Crippen LogP contribution >= 0.6 is 0 Å². The molecule has 0 aliphatic rings. The monoisotopic (exact) mass is 384 g/mol. The van der Waals surface area contributed by atoms with Gasteiger partial charge in [-0.15, -0.1) is 5.10 Å². The number of hydrogen-bond acceptors (Lipinski definition) is 7. The van der Waals surface area contributed by atoms with E-state index in [0.29, 0.717) is 22.4 Å². The van der Waals surface area contributed by atoms with Crippen LogP contribution in [0.5, 0.6) is 5.75 Å². The van der Waals surface area contributed by atoms with Gasteiger partial charge in [0, 0.05) is 5.56 Å². The minimum Gasteiger partial charge on any atom is -0.507 e. The summed E-state index contributed by atoms with van der Waals surface area (Å²) in [5.41, 5.74) is 3.97. The predicted octanol–water partition coefficient (Wildman–Crippen LogP) is 3.58. The molecule has 8 nitrogen and oxygen atoms in total. The first kappa shape index (κ1) is 18.1. The molecule has 2 aromatic heterocycles. The minimum absolute atomic E-state index is 0.175. The fourth-order valence-corrected chi connectivity index (χ4v) is 2.82. The van der Waals surface area contributed by atoms with E-state index in [1.807, 2.05) is 48.5 Å². The molecule has 5 aromatic rings. The second-order valence-corrected chi connectivity index (χ2v) is 6.00. The van der Waals surface area contributed by atoms with Crippen molar-refractivity contribution < 1.29 is 10.3 Å². The first-order valence-corrected chi connectivity index (χ1v) is 8.73. The van der Waals surface area contributed by atoms with E-state index in [2.05, 4.69) is 25.3 Å². The van der Waals surface area contributed by atoms with Gasteiger partial charge in [-0.25, -0.2) is 15.0 Å². The average Bonchev–Trinajstić information content (AvgIpc) is 3.17. The maximum atomic E-state index is 9.46. The summed E-state index contributed by atoms with van der Waals surface area (Å²) in [5, 5.41) is 26.5. The third kappa shape index (κ3) is 3.86. The fourth-order valence-electron chi connectivity index (χ4n) is 2.82. The number of rotatable bonds is 2. The highest BCUT2D eigenvalue weighted by atomic mass is 16.5. The number of benzene rings is 3. The topological polar surface area (TPSA) is 110 Å². The molecular formula is C21H16N6O2. The van der Waals surface area contributed by atoms with Crippen molar-refractivity contribution in [2.24, 2.45) is 0 Å². The van der Waals surface area contributed by atoms with Crippen LogP contribution in [-0.4, -0.2) is 40.4 Å². The van der Waals surface area contributed by atoms with Crippen LogP contribution < -0.4 is 0 Å². The van der Waals surface area contributed by atoms with Gasteiger partial charge in [0.2, 0.25) is 0 Å². The number of phenolic OH excluding ortho intramolecular Hbond substituents is 1. The molecule has 0 unspecified atom stereocenters. The molecule has 29 heavy (non-hydrogen) atoms. The SMILES string of the molecule is Oc1ccccc1-c1ncncn1.On1nnc2c(-c3ccccc3)cccc21. The number of nitrogens with zero attached hydrogens (tertiary/aromatic N) is 6. The van der Waals surface area contributed by atoms with E-state index >= 15 is 0 Å². The van der Waals surface area contributed by atoms with Crippen LogP contribution in [0.25, 0.3) is 33.5 Å². The Bertz CT molecular complexity index is 1230. The van der Waals surface area contributed by atoms with Gasteiger partial charge in [0.1, 0.15) is 29.4 Å². The van der Waals surface area contributed by atoms with Crippen LogP contribution in [0.4, 0.5) is 0 Å². The Morgan fingerprint density at radius 3 is 2.17 bits per heavy atom. The summed E-state index contributed by atoms with van der Waals surface area (Å²) >= 11 is 0. The van der Waals surface area contributed by atoms with Crippen molar-refractivity contribution in [1.29, 1.82) is 0 Å². The molecule has 0 saturated carbocycles. The van der Waals surface area contributed by atoms with E-state index in [1.54, 1.807) is 24.3 Å². The maximum absolute atomic E-state index is 9.46. The summed E-state index contributed by atoms with van der Waals surface area (Å²) in [4.78, 5) is 12.3. The summed E-state index contributed by atoms with van der Waals surface area (Å²) in [6.45, 7) is 0. The van der Waals surface area contributed by atoms with Crippen LogP contribution in [0.3, 0.4) is 0 Å². The van der Waals surface area contributed by atoms with Crippen molar-refractivity contribution in [1.82, 2.24) is 30.1 Å². The highest BCUT2D eigenvalue weighted by Gasteiger charge is 2.09. The molecule has 0 saturated heterocycles. The smallest absolute Gasteiger partial charge is 0.166 e. The quantitative estimate of drug-likeness (QED) is 0.448. The number of fused-ring (bicyclic) bond motifs is 1. The molecule has 0 radical (unpaired) electrons. The summed E-state index contributed by atoms with van der Waals surface area (Å²) < 4.78 is 0. The van der Waals surface area contributed by atoms with Crippen molar-refractivity contribution in [2.45, 2.75) is 0 Å². The lowest BCUT2D eigenvalue weighted by atomic mass is 10.0. The number of aromatic nitrogens is 6. The maximum Gasteiger partial charge on any atom is 0.166 e. The number of phenols is 1. The van der Waals surface area contributed by atoms with Gasteiger partial charge >= 0.3 is 0 Å². The van der Waals surface area contributed by atoms with Crippen molar-refractivity contribution in [3.63, 3.8) is 0 Å². The normalized spacial score (nSPS) is 10.3. The molecule has 0 aliphatic carbocycles. The van der Waals surface area contributed by atoms with E-state index in [1.165, 1.54) is 12.7 Å². The first-order valence-electron chi connectivity index (χ1n) is 8.73. The highest BCUT2D eigenvalue weighted by molar-refractivity contribution is 5.91. The fraction of sp³-hybridized carbons (Fsp3) is 0. The lowest BCUT2D eigenvalue weighted by molar-refractivity contribution is 0.155. The molecule has 0 atom stereocenters. The lowest BCUT2D eigenvalue weighted by Crippen LogP contribution is -1.90. The second-order valence-electron chi connectivity index (χ2n) is 6.00. The molecule has 3 aromatic carbocycles. The Labute approximate surface area is 165 Å². The second kappa shape index (κ2) is 8.13. The van der Waals surface area contributed by atoms with Gasteiger partial charge in [-0.1, -0.05) is 59.4 Å². The highest BCUT2D eigenvalue weighted by Crippen LogP contribution is 2.26. The summed E-state index contributed by atoms with van der Waals surface area (Å²) in [6, 6.07) is 22.5. The van der Waals surface area contributed by atoms with Crippen LogP contribution in [0.15, 0.2) is 85.5 Å². The van der Waals surface area contributed by atoms with Crippen LogP contribution in [0.2, 0.25) is 0 Å². The van der Waals surface area contributed by atoms with Crippen molar-refractivity contribution in [3.05, 3.63) is 85.5 Å². The molecule has 5 rings (SSSR count). The Morgan fingerprint density at radius 2 is 1.41 bits per heavy atom. The van der Waals surface area contributed by atoms with E-state index < -0.39 is 0 Å². The molecule has 0 fully saturated rings. The van der Waals surface area contributed by atoms with E-state index in [-0.39, 0.29) is 5.75 Å².